The van der Waals surface area contributed by atoms with E-state index in [0.717, 1.165) is 19.4 Å². The lowest BCUT2D eigenvalue weighted by Crippen LogP contribution is -2.25. The van der Waals surface area contributed by atoms with E-state index in [1.165, 1.54) is 0 Å². The molecule has 1 aliphatic heterocycles. The largest absolute Gasteiger partial charge is 0.396 e. The monoisotopic (exact) mass is 146 g/mol. The van der Waals surface area contributed by atoms with Crippen molar-refractivity contribution in [3.05, 3.63) is 0 Å². The van der Waals surface area contributed by atoms with Crippen molar-refractivity contribution in [2.75, 3.05) is 13.2 Å². The van der Waals surface area contributed by atoms with Crippen molar-refractivity contribution in [1.82, 2.24) is 0 Å². The Morgan fingerprint density at radius 2 is 2.40 bits per heavy atom. The predicted octanol–water partition coefficient (Wildman–Crippen LogP) is -0.0913. The molecule has 0 aromatic heterocycles. The van der Waals surface area contributed by atoms with Gasteiger partial charge in [0.05, 0.1) is 12.2 Å². The van der Waals surface area contributed by atoms with Gasteiger partial charge in [-0.15, -0.1) is 0 Å². The Labute approximate surface area is 60.6 Å². The highest BCUT2D eigenvalue weighted by atomic mass is 16.5. The van der Waals surface area contributed by atoms with Crippen LogP contribution in [0.3, 0.4) is 0 Å². The van der Waals surface area contributed by atoms with Gasteiger partial charge in [-0.25, -0.2) is 0 Å². The summed E-state index contributed by atoms with van der Waals surface area (Å²) in [7, 11) is 0. The van der Waals surface area contributed by atoms with Gasteiger partial charge in [-0.05, 0) is 19.3 Å². The molecule has 2 atom stereocenters. The summed E-state index contributed by atoms with van der Waals surface area (Å²) >= 11 is 0. The molecule has 3 heteroatoms. The summed E-state index contributed by atoms with van der Waals surface area (Å²) < 4.78 is 5.21. The molecule has 0 aromatic carbocycles. The second-order valence-electron chi connectivity index (χ2n) is 2.63. The highest BCUT2D eigenvalue weighted by Gasteiger charge is 2.22. The molecule has 0 aromatic rings. The highest BCUT2D eigenvalue weighted by molar-refractivity contribution is 4.72. The lowest BCUT2D eigenvalue weighted by molar-refractivity contribution is -0.0122. The SMILES string of the molecule is OCC[C@@H](O)[C@@H]1CCCO1. The Kier molecular flexibility index (Phi) is 3.12. The van der Waals surface area contributed by atoms with Crippen molar-refractivity contribution in [2.45, 2.75) is 31.5 Å². The molecule has 0 spiro atoms. The standard InChI is InChI=1S/C7H14O3/c8-4-3-6(9)7-2-1-5-10-7/h6-9H,1-5H2/t6-,7+/m1/s1. The average molecular weight is 146 g/mol. The number of ether oxygens (including phenoxy) is 1. The first-order chi connectivity index (χ1) is 4.84. The summed E-state index contributed by atoms with van der Waals surface area (Å²) in [5.74, 6) is 0. The van der Waals surface area contributed by atoms with E-state index in [4.69, 9.17) is 9.84 Å². The zero-order chi connectivity index (χ0) is 7.40. The van der Waals surface area contributed by atoms with Crippen LogP contribution in [0.25, 0.3) is 0 Å². The number of rotatable bonds is 3. The minimum Gasteiger partial charge on any atom is -0.396 e. The summed E-state index contributed by atoms with van der Waals surface area (Å²) in [6, 6.07) is 0. The van der Waals surface area contributed by atoms with E-state index in [1.807, 2.05) is 0 Å². The molecule has 1 heterocycles. The van der Waals surface area contributed by atoms with Crippen molar-refractivity contribution in [3.8, 4) is 0 Å². The smallest absolute Gasteiger partial charge is 0.0835 e. The molecule has 10 heavy (non-hydrogen) atoms. The minimum absolute atomic E-state index is 0.0212. The first-order valence-corrected chi connectivity index (χ1v) is 3.75. The average Bonchev–Trinajstić information content (AvgIpc) is 2.38. The number of aliphatic hydroxyl groups is 2. The third-order valence-corrected chi connectivity index (χ3v) is 1.82. The number of aliphatic hydroxyl groups excluding tert-OH is 2. The van der Waals surface area contributed by atoms with E-state index < -0.39 is 6.10 Å². The molecule has 2 N–H and O–H groups in total. The van der Waals surface area contributed by atoms with Gasteiger partial charge in [0.25, 0.3) is 0 Å². The lowest BCUT2D eigenvalue weighted by Gasteiger charge is -2.15. The van der Waals surface area contributed by atoms with Gasteiger partial charge < -0.3 is 14.9 Å². The molecular weight excluding hydrogens is 132 g/mol. The van der Waals surface area contributed by atoms with Gasteiger partial charge >= 0.3 is 0 Å². The van der Waals surface area contributed by atoms with Crippen molar-refractivity contribution in [2.24, 2.45) is 0 Å². The van der Waals surface area contributed by atoms with Crippen molar-refractivity contribution in [1.29, 1.82) is 0 Å². The summed E-state index contributed by atoms with van der Waals surface area (Å²) in [6.07, 6.45) is 1.92. The molecule has 0 radical (unpaired) electrons. The first-order valence-electron chi connectivity index (χ1n) is 3.75. The van der Waals surface area contributed by atoms with E-state index in [0.29, 0.717) is 6.42 Å². The van der Waals surface area contributed by atoms with Crippen LogP contribution in [0.5, 0.6) is 0 Å². The Bertz CT molecular complexity index is 88.9. The molecule has 0 bridgehead atoms. The molecule has 1 rings (SSSR count). The molecule has 1 saturated heterocycles. The summed E-state index contributed by atoms with van der Waals surface area (Å²) in [5.41, 5.74) is 0. The third kappa shape index (κ3) is 1.94. The molecule has 0 saturated carbocycles. The van der Waals surface area contributed by atoms with Crippen LogP contribution >= 0.6 is 0 Å². The van der Waals surface area contributed by atoms with Gasteiger partial charge in [-0.2, -0.15) is 0 Å². The Balaban J connectivity index is 2.18. The molecule has 0 amide bonds. The quantitative estimate of drug-likeness (QED) is 0.585. The van der Waals surface area contributed by atoms with Gasteiger partial charge in [0.2, 0.25) is 0 Å². The maximum absolute atomic E-state index is 9.26. The van der Waals surface area contributed by atoms with E-state index in [1.54, 1.807) is 0 Å². The molecule has 3 nitrogen and oxygen atoms in total. The van der Waals surface area contributed by atoms with Crippen LogP contribution in [-0.4, -0.2) is 35.6 Å². The van der Waals surface area contributed by atoms with Crippen LogP contribution in [0, 0.1) is 0 Å². The van der Waals surface area contributed by atoms with Gasteiger partial charge in [-0.1, -0.05) is 0 Å². The number of hydrogen-bond acceptors (Lipinski definition) is 3. The normalized spacial score (nSPS) is 28.8. The minimum atomic E-state index is -0.465. The van der Waals surface area contributed by atoms with Crippen LogP contribution in [0.1, 0.15) is 19.3 Å². The Hall–Kier alpha value is -0.120. The number of hydrogen-bond donors (Lipinski definition) is 2. The fraction of sp³-hybridized carbons (Fsp3) is 1.00. The Morgan fingerprint density at radius 3 is 2.90 bits per heavy atom. The molecule has 0 aliphatic carbocycles. The van der Waals surface area contributed by atoms with E-state index in [2.05, 4.69) is 0 Å². The second-order valence-corrected chi connectivity index (χ2v) is 2.63. The second kappa shape index (κ2) is 3.91. The zero-order valence-electron chi connectivity index (χ0n) is 5.99. The molecule has 1 fully saturated rings. The van der Waals surface area contributed by atoms with Crippen LogP contribution < -0.4 is 0 Å². The Morgan fingerprint density at radius 1 is 1.60 bits per heavy atom. The van der Waals surface area contributed by atoms with Crippen LogP contribution in [-0.2, 0) is 4.74 Å². The predicted molar refractivity (Wildman–Crippen MR) is 36.7 cm³/mol. The fourth-order valence-electron chi connectivity index (χ4n) is 1.22. The van der Waals surface area contributed by atoms with Crippen molar-refractivity contribution in [3.63, 3.8) is 0 Å². The summed E-state index contributed by atoms with van der Waals surface area (Å²) in [5, 5.41) is 17.7. The summed E-state index contributed by atoms with van der Waals surface area (Å²) in [4.78, 5) is 0. The maximum Gasteiger partial charge on any atom is 0.0835 e. The first kappa shape index (κ1) is 7.98. The van der Waals surface area contributed by atoms with Crippen molar-refractivity contribution < 1.29 is 14.9 Å². The summed E-state index contributed by atoms with van der Waals surface area (Å²) in [6.45, 7) is 0.800. The van der Waals surface area contributed by atoms with Crippen LogP contribution in [0.15, 0.2) is 0 Å². The molecular formula is C7H14O3. The highest BCUT2D eigenvalue weighted by Crippen LogP contribution is 2.16. The van der Waals surface area contributed by atoms with E-state index in [-0.39, 0.29) is 12.7 Å². The van der Waals surface area contributed by atoms with E-state index in [9.17, 15) is 5.11 Å². The van der Waals surface area contributed by atoms with Crippen LogP contribution in [0.4, 0.5) is 0 Å². The van der Waals surface area contributed by atoms with Crippen molar-refractivity contribution >= 4 is 0 Å². The topological polar surface area (TPSA) is 49.7 Å². The van der Waals surface area contributed by atoms with Gasteiger partial charge in [0, 0.05) is 13.2 Å². The zero-order valence-corrected chi connectivity index (χ0v) is 5.99. The van der Waals surface area contributed by atoms with Gasteiger partial charge in [0.15, 0.2) is 0 Å². The lowest BCUT2D eigenvalue weighted by atomic mass is 10.1. The third-order valence-electron chi connectivity index (χ3n) is 1.82. The fourth-order valence-corrected chi connectivity index (χ4v) is 1.22. The van der Waals surface area contributed by atoms with Crippen LogP contribution in [0.2, 0.25) is 0 Å². The van der Waals surface area contributed by atoms with Gasteiger partial charge in [0.1, 0.15) is 0 Å². The van der Waals surface area contributed by atoms with Gasteiger partial charge in [-0.3, -0.25) is 0 Å². The molecule has 60 valence electrons. The van der Waals surface area contributed by atoms with E-state index >= 15 is 0 Å². The molecule has 1 aliphatic rings. The maximum atomic E-state index is 9.26. The molecule has 0 unspecified atom stereocenters.